The lowest BCUT2D eigenvalue weighted by atomic mass is 10.0. The van der Waals surface area contributed by atoms with E-state index in [1.54, 1.807) is 0 Å². The molecule has 0 N–H and O–H groups in total. The molecule has 2 fully saturated rings. The van der Waals surface area contributed by atoms with Crippen molar-refractivity contribution >= 4 is 5.91 Å². The third-order valence-corrected chi connectivity index (χ3v) is 6.39. The van der Waals surface area contributed by atoms with Gasteiger partial charge in [-0.1, -0.05) is 36.3 Å². The van der Waals surface area contributed by atoms with Crippen LogP contribution in [0.15, 0.2) is 28.8 Å². The van der Waals surface area contributed by atoms with Crippen LogP contribution in [0.5, 0.6) is 0 Å². The van der Waals surface area contributed by atoms with Crippen LogP contribution in [-0.4, -0.2) is 51.0 Å². The van der Waals surface area contributed by atoms with E-state index in [1.165, 1.54) is 0 Å². The highest BCUT2D eigenvalue weighted by Gasteiger charge is 2.42. The molecular weight excluding hydrogens is 352 g/mol. The molecule has 2 saturated heterocycles. The Morgan fingerprint density at radius 3 is 2.75 bits per heavy atom. The molecule has 2 aliphatic heterocycles. The fourth-order valence-corrected chi connectivity index (χ4v) is 4.89. The predicted octanol–water partition coefficient (Wildman–Crippen LogP) is 3.97. The van der Waals surface area contributed by atoms with Crippen molar-refractivity contribution in [2.75, 3.05) is 13.1 Å². The van der Waals surface area contributed by atoms with E-state index in [0.717, 1.165) is 49.9 Å². The largest absolute Gasteiger partial charge is 0.338 e. The lowest BCUT2D eigenvalue weighted by molar-refractivity contribution is -0.132. The van der Waals surface area contributed by atoms with E-state index < -0.39 is 0 Å². The van der Waals surface area contributed by atoms with Crippen LogP contribution in [-0.2, 0) is 4.79 Å². The smallest absolute Gasteiger partial charge is 0.244 e. The first-order valence-electron chi connectivity index (χ1n) is 10.5. The first-order chi connectivity index (χ1) is 13.6. The van der Waals surface area contributed by atoms with Gasteiger partial charge in [0.15, 0.2) is 0 Å². The molecule has 3 atom stereocenters. The maximum atomic E-state index is 12.4. The van der Waals surface area contributed by atoms with E-state index in [1.807, 2.05) is 25.1 Å². The van der Waals surface area contributed by atoms with Crippen molar-refractivity contribution in [3.63, 3.8) is 0 Å². The molecule has 1 amide bonds. The number of aryl methyl sites for hydroxylation is 1. The molecule has 150 valence electrons. The lowest BCUT2D eigenvalue weighted by Crippen LogP contribution is -2.48. The van der Waals surface area contributed by atoms with Crippen molar-refractivity contribution < 1.29 is 9.32 Å². The maximum absolute atomic E-state index is 12.4. The Labute approximate surface area is 166 Å². The van der Waals surface area contributed by atoms with Crippen molar-refractivity contribution in [2.45, 2.75) is 71.0 Å². The van der Waals surface area contributed by atoms with Crippen LogP contribution in [0, 0.1) is 6.92 Å². The number of rotatable bonds is 5. The highest BCUT2D eigenvalue weighted by Crippen LogP contribution is 2.36. The zero-order valence-corrected chi connectivity index (χ0v) is 17.1. The average Bonchev–Trinajstić information content (AvgIpc) is 3.46. The van der Waals surface area contributed by atoms with E-state index in [4.69, 9.17) is 9.51 Å². The minimum Gasteiger partial charge on any atom is -0.338 e. The SMILES string of the molecule is CCC(=O)N1CCCC1C1CCCN1C(C)c1nc(-c2ccccc2C)no1. The Morgan fingerprint density at radius 2 is 1.96 bits per heavy atom. The Balaban J connectivity index is 1.54. The fraction of sp³-hybridized carbons (Fsp3) is 0.591. The van der Waals surface area contributed by atoms with Gasteiger partial charge in [-0.25, -0.2) is 0 Å². The minimum atomic E-state index is 0.0527. The number of hydrogen-bond acceptors (Lipinski definition) is 5. The van der Waals surface area contributed by atoms with Gasteiger partial charge in [0.1, 0.15) is 0 Å². The summed E-state index contributed by atoms with van der Waals surface area (Å²) in [6.07, 6.45) is 5.06. The molecule has 6 heteroatoms. The zero-order valence-electron chi connectivity index (χ0n) is 17.1. The second kappa shape index (κ2) is 8.03. The van der Waals surface area contributed by atoms with Crippen molar-refractivity contribution in [3.8, 4) is 11.4 Å². The molecular formula is C22H30N4O2. The van der Waals surface area contributed by atoms with Gasteiger partial charge in [-0.15, -0.1) is 0 Å². The number of carbonyl (C=O) groups excluding carboxylic acids is 1. The molecule has 0 spiro atoms. The molecule has 3 unspecified atom stereocenters. The van der Waals surface area contributed by atoms with Crippen molar-refractivity contribution in [1.82, 2.24) is 19.9 Å². The Morgan fingerprint density at radius 1 is 1.21 bits per heavy atom. The van der Waals surface area contributed by atoms with Crippen LogP contribution >= 0.6 is 0 Å². The summed E-state index contributed by atoms with van der Waals surface area (Å²) in [4.78, 5) is 21.7. The Kier molecular flexibility index (Phi) is 5.49. The Hall–Kier alpha value is -2.21. The van der Waals surface area contributed by atoms with Crippen LogP contribution in [0.2, 0.25) is 0 Å². The molecule has 2 aromatic rings. The van der Waals surface area contributed by atoms with Crippen molar-refractivity contribution in [3.05, 3.63) is 35.7 Å². The molecule has 0 bridgehead atoms. The molecule has 6 nitrogen and oxygen atoms in total. The van der Waals surface area contributed by atoms with E-state index in [-0.39, 0.29) is 11.9 Å². The van der Waals surface area contributed by atoms with Gasteiger partial charge in [-0.05, 0) is 51.6 Å². The fourth-order valence-electron chi connectivity index (χ4n) is 4.89. The highest BCUT2D eigenvalue weighted by atomic mass is 16.5. The maximum Gasteiger partial charge on any atom is 0.244 e. The molecule has 0 saturated carbocycles. The molecule has 0 aliphatic carbocycles. The van der Waals surface area contributed by atoms with E-state index in [2.05, 4.69) is 34.9 Å². The summed E-state index contributed by atoms with van der Waals surface area (Å²) in [6, 6.07) is 8.85. The number of amides is 1. The van der Waals surface area contributed by atoms with Crippen molar-refractivity contribution in [1.29, 1.82) is 0 Å². The molecule has 2 aliphatic rings. The second-order valence-electron chi connectivity index (χ2n) is 8.04. The van der Waals surface area contributed by atoms with Gasteiger partial charge >= 0.3 is 0 Å². The second-order valence-corrected chi connectivity index (χ2v) is 8.04. The van der Waals surface area contributed by atoms with E-state index in [9.17, 15) is 4.79 Å². The quantitative estimate of drug-likeness (QED) is 0.783. The molecule has 1 aromatic carbocycles. The van der Waals surface area contributed by atoms with E-state index >= 15 is 0 Å². The van der Waals surface area contributed by atoms with Crippen LogP contribution in [0.4, 0.5) is 0 Å². The topological polar surface area (TPSA) is 62.5 Å². The van der Waals surface area contributed by atoms with Gasteiger partial charge in [0.2, 0.25) is 17.6 Å². The lowest BCUT2D eigenvalue weighted by Gasteiger charge is -2.36. The third-order valence-electron chi connectivity index (χ3n) is 6.39. The van der Waals surface area contributed by atoms with Crippen LogP contribution in [0.25, 0.3) is 11.4 Å². The number of nitrogens with zero attached hydrogens (tertiary/aromatic N) is 4. The van der Waals surface area contributed by atoms with Gasteiger partial charge in [-0.3, -0.25) is 9.69 Å². The first kappa shape index (κ1) is 19.1. The molecule has 28 heavy (non-hydrogen) atoms. The number of carbonyl (C=O) groups is 1. The van der Waals surface area contributed by atoms with Crippen LogP contribution in [0.1, 0.15) is 63.4 Å². The standard InChI is InChI=1S/C22H30N4O2/c1-4-20(27)26-14-8-12-19(26)18-11-7-13-25(18)16(3)22-23-21(24-28-22)17-10-6-5-9-15(17)2/h5-6,9-10,16,18-19H,4,7-8,11-14H2,1-3H3. The summed E-state index contributed by atoms with van der Waals surface area (Å²) >= 11 is 0. The summed E-state index contributed by atoms with van der Waals surface area (Å²) in [5, 5.41) is 4.24. The monoisotopic (exact) mass is 382 g/mol. The van der Waals surface area contributed by atoms with Crippen LogP contribution < -0.4 is 0 Å². The number of likely N-dealkylation sites (tertiary alicyclic amines) is 2. The summed E-state index contributed by atoms with van der Waals surface area (Å²) in [6.45, 7) is 8.07. The van der Waals surface area contributed by atoms with Gasteiger partial charge in [-0.2, -0.15) is 4.98 Å². The molecule has 1 aromatic heterocycles. The van der Waals surface area contributed by atoms with E-state index in [0.29, 0.717) is 30.2 Å². The summed E-state index contributed by atoms with van der Waals surface area (Å²) in [5.74, 6) is 1.59. The predicted molar refractivity (Wildman–Crippen MR) is 108 cm³/mol. The van der Waals surface area contributed by atoms with Gasteiger partial charge in [0.05, 0.1) is 6.04 Å². The van der Waals surface area contributed by atoms with Gasteiger partial charge < -0.3 is 9.42 Å². The van der Waals surface area contributed by atoms with Crippen LogP contribution in [0.3, 0.4) is 0 Å². The zero-order chi connectivity index (χ0) is 19.7. The third kappa shape index (κ3) is 3.46. The van der Waals surface area contributed by atoms with Crippen molar-refractivity contribution in [2.24, 2.45) is 0 Å². The summed E-state index contributed by atoms with van der Waals surface area (Å²) in [5.41, 5.74) is 2.15. The highest BCUT2D eigenvalue weighted by molar-refractivity contribution is 5.76. The summed E-state index contributed by atoms with van der Waals surface area (Å²) in [7, 11) is 0. The normalized spacial score (nSPS) is 24.0. The average molecular weight is 383 g/mol. The van der Waals surface area contributed by atoms with Gasteiger partial charge in [0.25, 0.3) is 0 Å². The first-order valence-corrected chi connectivity index (χ1v) is 10.5. The minimum absolute atomic E-state index is 0.0527. The molecule has 3 heterocycles. The number of benzene rings is 1. The van der Waals surface area contributed by atoms with Gasteiger partial charge in [0, 0.05) is 30.6 Å². The summed E-state index contributed by atoms with van der Waals surface area (Å²) < 4.78 is 5.67. The number of hydrogen-bond donors (Lipinski definition) is 0. The molecule has 4 rings (SSSR count). The Bertz CT molecular complexity index is 833. The number of aromatic nitrogens is 2. The molecule has 0 radical (unpaired) electrons.